The van der Waals surface area contributed by atoms with Crippen molar-refractivity contribution in [2.75, 3.05) is 19.6 Å². The normalized spacial score (nSPS) is 8.94. The van der Waals surface area contributed by atoms with E-state index < -0.39 is 0 Å². The Morgan fingerprint density at radius 1 is 0.854 bits per heavy atom. The van der Waals surface area contributed by atoms with Gasteiger partial charge in [-0.2, -0.15) is 6.54 Å². The Hall–Kier alpha value is -0.894. The Morgan fingerprint density at radius 3 is 1.54 bits per heavy atom. The van der Waals surface area contributed by atoms with Crippen LogP contribution >= 0.6 is 0 Å². The maximum Gasteiger partial charge on any atom is 1.00 e. The number of unbranched alkanes of at least 4 members (excludes halogenated alkanes) is 1. The molecule has 0 fully saturated rings. The van der Waals surface area contributed by atoms with E-state index in [0.717, 1.165) is 57.3 Å². The molecule has 0 aromatic heterocycles. The Kier molecular flexibility index (Phi) is 68.6. The smallest absolute Gasteiger partial charge is 0.677 e. The number of rotatable bonds is 11. The minimum atomic E-state index is 0. The minimum absolute atomic E-state index is 0. The van der Waals surface area contributed by atoms with E-state index in [0.29, 0.717) is 12.6 Å². The molecule has 0 atom stereocenters. The zero-order valence-electron chi connectivity index (χ0n) is 35.5. The molecule has 0 spiro atoms. The zero-order valence-corrected chi connectivity index (χ0v) is 38.6. The Balaban J connectivity index is -0.0000000879. The first-order valence-electron chi connectivity index (χ1n) is 18.6. The number of aliphatic imine (C=N–C) groups is 1. The van der Waals surface area contributed by atoms with Gasteiger partial charge >= 0.3 is 51.4 Å². The number of hydrogen-bond acceptors (Lipinski definition) is 3. The van der Waals surface area contributed by atoms with Crippen LogP contribution in [-0.4, -0.2) is 31.4 Å². The third-order valence-corrected chi connectivity index (χ3v) is 6.13. The summed E-state index contributed by atoms with van der Waals surface area (Å²) in [6.07, 6.45) is 8.18. The number of hydrogen-bond donors (Lipinski definition) is 2. The van der Waals surface area contributed by atoms with Crippen LogP contribution < -0.4 is 62.4 Å². The van der Waals surface area contributed by atoms with Gasteiger partial charge in [0.1, 0.15) is 0 Å². The van der Waals surface area contributed by atoms with Gasteiger partial charge in [0, 0.05) is 31.0 Å². The fourth-order valence-electron chi connectivity index (χ4n) is 3.20. The van der Waals surface area contributed by atoms with Crippen molar-refractivity contribution in [1.82, 2.24) is 5.32 Å². The predicted octanol–water partition coefficient (Wildman–Crippen LogP) is 10.3. The van der Waals surface area contributed by atoms with Crippen molar-refractivity contribution in [3.8, 4) is 0 Å². The van der Waals surface area contributed by atoms with Crippen LogP contribution in [0.2, 0.25) is 0 Å². The molecule has 0 saturated heterocycles. The summed E-state index contributed by atoms with van der Waals surface area (Å²) in [6.45, 7) is 42.7. The molecule has 5 heteroatoms. The summed E-state index contributed by atoms with van der Waals surface area (Å²) in [6, 6.07) is 15.6. The van der Waals surface area contributed by atoms with Gasteiger partial charge in [-0.05, 0) is 80.3 Å². The van der Waals surface area contributed by atoms with E-state index in [1.807, 2.05) is 48.5 Å². The van der Waals surface area contributed by atoms with Crippen LogP contribution in [0.5, 0.6) is 0 Å². The van der Waals surface area contributed by atoms with Crippen molar-refractivity contribution in [1.29, 1.82) is 0 Å². The molecule has 0 heterocycles. The molecule has 2 rings (SSSR count). The molecule has 0 radical (unpaired) electrons. The molecule has 276 valence electrons. The summed E-state index contributed by atoms with van der Waals surface area (Å²) in [5, 5.41) is 3.17. The molecule has 0 amide bonds. The van der Waals surface area contributed by atoms with Crippen LogP contribution in [0, 0.1) is 13.8 Å². The number of allylic oxidation sites excluding steroid dienone is 1. The molecule has 0 bridgehead atoms. The zero-order chi connectivity index (χ0) is 38.1. The van der Waals surface area contributed by atoms with Crippen LogP contribution in [0.15, 0.2) is 72.4 Å². The Labute approximate surface area is 346 Å². The van der Waals surface area contributed by atoms with E-state index in [1.165, 1.54) is 33.4 Å². The van der Waals surface area contributed by atoms with Gasteiger partial charge in [-0.15, -0.1) is 6.58 Å². The predicted molar refractivity (Wildman–Crippen MR) is 224 cm³/mol. The minimum Gasteiger partial charge on any atom is -0.677 e. The van der Waals surface area contributed by atoms with E-state index >= 15 is 0 Å². The summed E-state index contributed by atoms with van der Waals surface area (Å²) in [5.41, 5.74) is 21.0. The van der Waals surface area contributed by atoms with Gasteiger partial charge in [0.15, 0.2) is 0 Å². The first-order chi connectivity index (χ1) is 22.5. The van der Waals surface area contributed by atoms with Gasteiger partial charge in [-0.3, -0.25) is 4.99 Å². The molecule has 4 N–H and O–H groups in total. The molecule has 0 unspecified atom stereocenters. The summed E-state index contributed by atoms with van der Waals surface area (Å²) < 4.78 is 0. The van der Waals surface area contributed by atoms with Gasteiger partial charge in [0.05, 0.1) is 0 Å². The first kappa shape index (κ1) is 62.3. The van der Waals surface area contributed by atoms with E-state index in [2.05, 4.69) is 128 Å². The molecule has 2 aromatic carbocycles. The van der Waals surface area contributed by atoms with Crippen molar-refractivity contribution >= 4 is 5.71 Å². The van der Waals surface area contributed by atoms with Crippen LogP contribution in [-0.2, 0) is 12.8 Å². The van der Waals surface area contributed by atoms with Crippen LogP contribution in [0.1, 0.15) is 150 Å². The standard InChI is InChI=1S/C13H17N.C10H14.C5H14N2.C5H10.C4H10N.3C2H6.K/c1-5-13(14-6-2)12-8-7-10(3)11(4)9-12;1-3-9-7-5-6-8-10(9)4-2;1-5(2)7-4-3-6;1-4-5(2)3;1-2-3-4-5;3*1-2;/h6-9H,2,5H2,1,3-4H3;5-8H,3-4H2,1-2H3;5,7H,3-4,6H2,1-2H3;2,4H2,1,3H3;5H,2-4H2,1H3;3*1-2H3;/q;;;;-1;;;;+1. The van der Waals surface area contributed by atoms with Crippen LogP contribution in [0.25, 0.3) is 5.73 Å². The average molecular weight is 695 g/mol. The molecule has 48 heavy (non-hydrogen) atoms. The number of aryl methyl sites for hydroxylation is 4. The van der Waals surface area contributed by atoms with Crippen LogP contribution in [0.4, 0.5) is 0 Å². The van der Waals surface area contributed by atoms with Crippen LogP contribution in [0.3, 0.4) is 0 Å². The summed E-state index contributed by atoms with van der Waals surface area (Å²) in [7, 11) is 0. The van der Waals surface area contributed by atoms with E-state index in [-0.39, 0.29) is 51.4 Å². The fraction of sp³-hybridized carbons (Fsp3) is 0.605. The maximum absolute atomic E-state index is 6.60. The number of nitrogens with zero attached hydrogens (tertiary/aromatic N) is 1. The monoisotopic (exact) mass is 695 g/mol. The molecule has 0 aliphatic heterocycles. The molecule has 0 saturated carbocycles. The quantitative estimate of drug-likeness (QED) is 0.140. The van der Waals surface area contributed by atoms with Crippen molar-refractivity contribution in [2.24, 2.45) is 10.7 Å². The van der Waals surface area contributed by atoms with Gasteiger partial charge in [0.25, 0.3) is 0 Å². The Morgan fingerprint density at radius 2 is 1.31 bits per heavy atom. The SMILES string of the molecule is C=C(C)CC.C=CN=C(CC)c1ccc(C)c(C)c1.CC.CC.CC.CC(C)NCCN.CCCC[NH-].CCc1ccccc1CC.[K+]. The summed E-state index contributed by atoms with van der Waals surface area (Å²) in [5.74, 6) is 0. The van der Waals surface area contributed by atoms with E-state index in [9.17, 15) is 0 Å². The molecule has 2 aromatic rings. The largest absolute Gasteiger partial charge is 1.00 e. The van der Waals surface area contributed by atoms with Gasteiger partial charge in [-0.25, -0.2) is 0 Å². The van der Waals surface area contributed by atoms with Crippen molar-refractivity contribution in [3.63, 3.8) is 0 Å². The fourth-order valence-corrected chi connectivity index (χ4v) is 3.20. The van der Waals surface area contributed by atoms with E-state index in [4.69, 9.17) is 11.5 Å². The second-order valence-corrected chi connectivity index (χ2v) is 10.2. The van der Waals surface area contributed by atoms with Gasteiger partial charge in [0.2, 0.25) is 0 Å². The topological polar surface area (TPSA) is 74.2 Å². The average Bonchev–Trinajstić information content (AvgIpc) is 3.11. The summed E-state index contributed by atoms with van der Waals surface area (Å²) >= 11 is 0. The van der Waals surface area contributed by atoms with Gasteiger partial charge < -0.3 is 16.8 Å². The molecule has 4 nitrogen and oxygen atoms in total. The third kappa shape index (κ3) is 45.1. The second-order valence-electron chi connectivity index (χ2n) is 10.2. The molecule has 0 aliphatic rings. The van der Waals surface area contributed by atoms with Crippen molar-refractivity contribution < 1.29 is 51.4 Å². The maximum atomic E-state index is 6.60. The van der Waals surface area contributed by atoms with Crippen molar-refractivity contribution in [2.45, 2.75) is 155 Å². The van der Waals surface area contributed by atoms with Gasteiger partial charge in [-0.1, -0.05) is 151 Å². The Bertz CT molecular complexity index is 911. The number of nitrogens with one attached hydrogen (secondary N) is 2. The molecular formula is C43H83KN4. The number of nitrogens with two attached hydrogens (primary N) is 1. The van der Waals surface area contributed by atoms with E-state index in [1.54, 1.807) is 6.20 Å². The molecular weight excluding hydrogens is 612 g/mol. The third-order valence-electron chi connectivity index (χ3n) is 6.13. The first-order valence-corrected chi connectivity index (χ1v) is 18.6. The second kappa shape index (κ2) is 52.9. The molecule has 0 aliphatic carbocycles. The summed E-state index contributed by atoms with van der Waals surface area (Å²) in [4.78, 5) is 4.26. The number of benzene rings is 2. The van der Waals surface area contributed by atoms with Crippen molar-refractivity contribution in [3.05, 3.63) is 101 Å².